The van der Waals surface area contributed by atoms with E-state index in [2.05, 4.69) is 24.4 Å². The first-order valence-electron chi connectivity index (χ1n) is 9.22. The average molecular weight is 396 g/mol. The topological polar surface area (TPSA) is 61.8 Å². The van der Waals surface area contributed by atoms with Gasteiger partial charge in [0.1, 0.15) is 5.25 Å². The van der Waals surface area contributed by atoms with E-state index in [0.29, 0.717) is 5.17 Å². The van der Waals surface area contributed by atoms with Crippen molar-refractivity contribution in [2.75, 3.05) is 12.4 Å². The van der Waals surface area contributed by atoms with Gasteiger partial charge < -0.3 is 5.32 Å². The van der Waals surface area contributed by atoms with Gasteiger partial charge in [-0.2, -0.15) is 0 Å². The maximum Gasteiger partial charge on any atom is 0.242 e. The molecular formula is C22H25N3O2S. The first kappa shape index (κ1) is 20.1. The standard InChI is InChI=1S/C22H25N3O2S/c1-13-10-15(3)20(16(4)11-13)24-22-25(5)21(27)18(28-22)12-19(26)23-17-9-7-6-8-14(17)2/h6-11,18H,12H2,1-5H3,(H,23,26). The summed E-state index contributed by atoms with van der Waals surface area (Å²) in [5, 5.41) is 3.07. The van der Waals surface area contributed by atoms with Crippen LogP contribution in [-0.4, -0.2) is 34.2 Å². The van der Waals surface area contributed by atoms with E-state index in [-0.39, 0.29) is 18.2 Å². The van der Waals surface area contributed by atoms with E-state index in [1.165, 1.54) is 17.3 Å². The Labute approximate surface area is 170 Å². The molecule has 28 heavy (non-hydrogen) atoms. The fourth-order valence-electron chi connectivity index (χ4n) is 3.32. The summed E-state index contributed by atoms with van der Waals surface area (Å²) in [6.45, 7) is 8.04. The lowest BCUT2D eigenvalue weighted by Crippen LogP contribution is -2.30. The zero-order valence-corrected chi connectivity index (χ0v) is 17.7. The van der Waals surface area contributed by atoms with E-state index in [1.54, 1.807) is 11.9 Å². The van der Waals surface area contributed by atoms with E-state index >= 15 is 0 Å². The van der Waals surface area contributed by atoms with Crippen LogP contribution in [0.1, 0.15) is 28.7 Å². The number of amides is 2. The van der Waals surface area contributed by atoms with Crippen LogP contribution in [-0.2, 0) is 9.59 Å². The van der Waals surface area contributed by atoms with Crippen molar-refractivity contribution in [1.29, 1.82) is 0 Å². The van der Waals surface area contributed by atoms with Gasteiger partial charge in [-0.25, -0.2) is 4.99 Å². The molecule has 3 rings (SSSR count). The number of aliphatic imine (C=N–C) groups is 1. The fourth-order valence-corrected chi connectivity index (χ4v) is 4.46. The Morgan fingerprint density at radius 1 is 1.11 bits per heavy atom. The van der Waals surface area contributed by atoms with E-state index in [9.17, 15) is 9.59 Å². The molecular weight excluding hydrogens is 370 g/mol. The second-order valence-corrected chi connectivity index (χ2v) is 8.38. The van der Waals surface area contributed by atoms with Crippen molar-refractivity contribution in [3.63, 3.8) is 0 Å². The highest BCUT2D eigenvalue weighted by Crippen LogP contribution is 2.33. The molecule has 0 spiro atoms. The maximum absolute atomic E-state index is 12.6. The second-order valence-electron chi connectivity index (χ2n) is 7.21. The second kappa shape index (κ2) is 8.19. The van der Waals surface area contributed by atoms with Gasteiger partial charge in [0.25, 0.3) is 0 Å². The molecule has 1 fully saturated rings. The zero-order valence-electron chi connectivity index (χ0n) is 16.9. The summed E-state index contributed by atoms with van der Waals surface area (Å²) >= 11 is 1.35. The lowest BCUT2D eigenvalue weighted by molar-refractivity contribution is -0.127. The molecule has 6 heteroatoms. The van der Waals surface area contributed by atoms with Gasteiger partial charge in [0.05, 0.1) is 5.69 Å². The van der Waals surface area contributed by atoms with Crippen LogP contribution in [0.2, 0.25) is 0 Å². The molecule has 146 valence electrons. The minimum Gasteiger partial charge on any atom is -0.326 e. The highest BCUT2D eigenvalue weighted by Gasteiger charge is 2.37. The molecule has 2 amide bonds. The SMILES string of the molecule is Cc1cc(C)c(N=C2SC(CC(=O)Nc3ccccc3C)C(=O)N2C)c(C)c1. The Morgan fingerprint density at radius 3 is 2.39 bits per heavy atom. The summed E-state index contributed by atoms with van der Waals surface area (Å²) in [7, 11) is 1.71. The van der Waals surface area contributed by atoms with Crippen LogP contribution in [0.3, 0.4) is 0 Å². The van der Waals surface area contributed by atoms with E-state index in [4.69, 9.17) is 4.99 Å². The number of nitrogens with zero attached hydrogens (tertiary/aromatic N) is 2. The molecule has 1 atom stereocenters. The molecule has 1 saturated heterocycles. The van der Waals surface area contributed by atoms with Crippen molar-refractivity contribution in [3.05, 3.63) is 58.7 Å². The molecule has 0 aliphatic carbocycles. The Morgan fingerprint density at radius 2 is 1.75 bits per heavy atom. The number of hydrogen-bond acceptors (Lipinski definition) is 4. The summed E-state index contributed by atoms with van der Waals surface area (Å²) in [6, 6.07) is 11.8. The monoisotopic (exact) mass is 395 g/mol. The Bertz CT molecular complexity index is 945. The van der Waals surface area contributed by atoms with Gasteiger partial charge >= 0.3 is 0 Å². The Balaban J connectivity index is 1.75. The number of anilines is 1. The van der Waals surface area contributed by atoms with Crippen LogP contribution in [0.4, 0.5) is 11.4 Å². The van der Waals surface area contributed by atoms with Gasteiger partial charge in [0.2, 0.25) is 11.8 Å². The molecule has 0 aromatic heterocycles. The number of carbonyl (C=O) groups excluding carboxylic acids is 2. The van der Waals surface area contributed by atoms with Gasteiger partial charge in [-0.15, -0.1) is 0 Å². The van der Waals surface area contributed by atoms with Crippen molar-refractivity contribution < 1.29 is 9.59 Å². The highest BCUT2D eigenvalue weighted by atomic mass is 32.2. The number of rotatable bonds is 4. The third kappa shape index (κ3) is 4.28. The lowest BCUT2D eigenvalue weighted by Gasteiger charge is -2.11. The lowest BCUT2D eigenvalue weighted by atomic mass is 10.1. The first-order valence-corrected chi connectivity index (χ1v) is 10.1. The van der Waals surface area contributed by atoms with Crippen molar-refractivity contribution in [2.24, 2.45) is 4.99 Å². The van der Waals surface area contributed by atoms with Crippen LogP contribution in [0, 0.1) is 27.7 Å². The number of aryl methyl sites for hydroxylation is 4. The van der Waals surface area contributed by atoms with Crippen LogP contribution in [0.15, 0.2) is 41.4 Å². The average Bonchev–Trinajstić information content (AvgIpc) is 2.88. The van der Waals surface area contributed by atoms with E-state index in [0.717, 1.165) is 28.1 Å². The predicted octanol–water partition coefficient (Wildman–Crippen LogP) is 4.51. The number of hydrogen-bond donors (Lipinski definition) is 1. The molecule has 1 aliphatic rings. The number of amidine groups is 1. The van der Waals surface area contributed by atoms with Crippen LogP contribution in [0.5, 0.6) is 0 Å². The summed E-state index contributed by atoms with van der Waals surface area (Å²) in [5.41, 5.74) is 5.99. The van der Waals surface area contributed by atoms with E-state index < -0.39 is 5.25 Å². The summed E-state index contributed by atoms with van der Waals surface area (Å²) in [4.78, 5) is 31.4. The van der Waals surface area contributed by atoms with Gasteiger partial charge in [-0.05, 0) is 50.5 Å². The van der Waals surface area contributed by atoms with Crippen LogP contribution >= 0.6 is 11.8 Å². The van der Waals surface area contributed by atoms with Gasteiger partial charge in [-0.3, -0.25) is 14.5 Å². The highest BCUT2D eigenvalue weighted by molar-refractivity contribution is 8.15. The van der Waals surface area contributed by atoms with Gasteiger partial charge in [0, 0.05) is 19.2 Å². The van der Waals surface area contributed by atoms with Crippen LogP contribution in [0.25, 0.3) is 0 Å². The minimum atomic E-state index is -0.459. The quantitative estimate of drug-likeness (QED) is 0.828. The smallest absolute Gasteiger partial charge is 0.242 e. The molecule has 1 unspecified atom stereocenters. The summed E-state index contributed by atoms with van der Waals surface area (Å²) in [6.07, 6.45) is 0.118. The third-order valence-electron chi connectivity index (χ3n) is 4.77. The number of carbonyl (C=O) groups is 2. The van der Waals surface area contributed by atoms with Crippen molar-refractivity contribution in [1.82, 2.24) is 4.90 Å². The fraction of sp³-hybridized carbons (Fsp3) is 0.318. The zero-order chi connectivity index (χ0) is 20.4. The minimum absolute atomic E-state index is 0.0916. The van der Waals surface area contributed by atoms with E-state index in [1.807, 2.05) is 45.0 Å². The first-order chi connectivity index (χ1) is 13.3. The molecule has 0 saturated carbocycles. The largest absolute Gasteiger partial charge is 0.326 e. The van der Waals surface area contributed by atoms with Crippen molar-refractivity contribution in [2.45, 2.75) is 39.4 Å². The molecule has 0 bridgehead atoms. The Hall–Kier alpha value is -2.60. The van der Waals surface area contributed by atoms with Gasteiger partial charge in [-0.1, -0.05) is 47.7 Å². The molecule has 5 nitrogen and oxygen atoms in total. The third-order valence-corrected chi connectivity index (χ3v) is 6.00. The number of para-hydroxylation sites is 1. The van der Waals surface area contributed by atoms with Crippen molar-refractivity contribution >= 4 is 40.1 Å². The number of thioether (sulfide) groups is 1. The molecule has 1 heterocycles. The Kier molecular flexibility index (Phi) is 5.89. The normalized spacial score (nSPS) is 18.0. The molecule has 1 N–H and O–H groups in total. The molecule has 0 radical (unpaired) electrons. The molecule has 1 aliphatic heterocycles. The maximum atomic E-state index is 12.6. The summed E-state index contributed by atoms with van der Waals surface area (Å²) in [5.74, 6) is -0.261. The van der Waals surface area contributed by atoms with Crippen LogP contribution < -0.4 is 5.32 Å². The number of nitrogens with one attached hydrogen (secondary N) is 1. The predicted molar refractivity (Wildman–Crippen MR) is 116 cm³/mol. The number of benzene rings is 2. The molecule has 2 aromatic carbocycles. The van der Waals surface area contributed by atoms with Gasteiger partial charge in [0.15, 0.2) is 5.17 Å². The summed E-state index contributed by atoms with van der Waals surface area (Å²) < 4.78 is 0. The van der Waals surface area contributed by atoms with Crippen molar-refractivity contribution in [3.8, 4) is 0 Å². The molecule has 2 aromatic rings.